The molecule has 1 aliphatic carbocycles. The number of oxime groups is 1. The fraction of sp³-hybridized carbons (Fsp3) is 0.846. The third-order valence-electron chi connectivity index (χ3n) is 4.44. The van der Waals surface area contributed by atoms with E-state index in [4.69, 9.17) is 9.94 Å². The molecule has 2 aliphatic heterocycles. The highest BCUT2D eigenvalue weighted by Crippen LogP contribution is 2.30. The van der Waals surface area contributed by atoms with Crippen molar-refractivity contribution in [2.75, 3.05) is 19.6 Å². The van der Waals surface area contributed by atoms with Gasteiger partial charge in [0.25, 0.3) is 0 Å². The Morgan fingerprint density at radius 3 is 2.83 bits per heavy atom. The molecule has 0 aromatic heterocycles. The first kappa shape index (κ1) is 12.0. The zero-order valence-electron chi connectivity index (χ0n) is 10.5. The van der Waals surface area contributed by atoms with Crippen LogP contribution in [0.15, 0.2) is 5.16 Å². The molecule has 5 nitrogen and oxygen atoms in total. The molecule has 1 N–H and O–H groups in total. The maximum Gasteiger partial charge on any atom is 0.354 e. The summed E-state index contributed by atoms with van der Waals surface area (Å²) in [5.74, 6) is -0.157. The van der Waals surface area contributed by atoms with Crippen molar-refractivity contribution in [1.82, 2.24) is 4.90 Å². The van der Waals surface area contributed by atoms with E-state index in [9.17, 15) is 4.79 Å². The Bertz CT molecular complexity index is 363. The maximum absolute atomic E-state index is 11.0. The molecule has 3 aliphatic rings. The SMILES string of the molecule is O=C(O)C1=NOC2CN(CC3CCCCC3)CC12. The Labute approximate surface area is 107 Å². The van der Waals surface area contributed by atoms with Crippen LogP contribution in [0.25, 0.3) is 0 Å². The van der Waals surface area contributed by atoms with E-state index in [0.717, 1.165) is 25.6 Å². The molecule has 2 unspecified atom stereocenters. The summed E-state index contributed by atoms with van der Waals surface area (Å²) in [5, 5.41) is 12.7. The number of nitrogens with zero attached hydrogens (tertiary/aromatic N) is 2. The Morgan fingerprint density at radius 2 is 2.11 bits per heavy atom. The number of hydrogen-bond donors (Lipinski definition) is 1. The van der Waals surface area contributed by atoms with Crippen LogP contribution in [0.3, 0.4) is 0 Å². The van der Waals surface area contributed by atoms with Gasteiger partial charge in [-0.25, -0.2) is 4.79 Å². The minimum Gasteiger partial charge on any atom is -0.477 e. The van der Waals surface area contributed by atoms with Crippen LogP contribution < -0.4 is 0 Å². The van der Waals surface area contributed by atoms with Gasteiger partial charge in [-0.15, -0.1) is 0 Å². The van der Waals surface area contributed by atoms with Gasteiger partial charge in [-0.3, -0.25) is 4.90 Å². The Balaban J connectivity index is 1.55. The molecule has 0 bridgehead atoms. The van der Waals surface area contributed by atoms with Gasteiger partial charge in [0.15, 0.2) is 5.71 Å². The second kappa shape index (κ2) is 4.88. The molecule has 1 saturated carbocycles. The lowest BCUT2D eigenvalue weighted by Gasteiger charge is -2.26. The minimum atomic E-state index is -0.929. The fourth-order valence-corrected chi connectivity index (χ4v) is 3.50. The van der Waals surface area contributed by atoms with Crippen molar-refractivity contribution < 1.29 is 14.7 Å². The average molecular weight is 252 g/mol. The van der Waals surface area contributed by atoms with Crippen LogP contribution in [0.4, 0.5) is 0 Å². The smallest absolute Gasteiger partial charge is 0.354 e. The summed E-state index contributed by atoms with van der Waals surface area (Å²) in [6, 6.07) is 0. The molecular weight excluding hydrogens is 232 g/mol. The van der Waals surface area contributed by atoms with E-state index in [2.05, 4.69) is 10.1 Å². The molecule has 0 aromatic carbocycles. The van der Waals surface area contributed by atoms with Gasteiger partial charge in [-0.1, -0.05) is 24.4 Å². The molecule has 2 atom stereocenters. The monoisotopic (exact) mass is 252 g/mol. The molecule has 0 radical (unpaired) electrons. The summed E-state index contributed by atoms with van der Waals surface area (Å²) in [4.78, 5) is 18.6. The molecule has 18 heavy (non-hydrogen) atoms. The first-order valence-corrected chi connectivity index (χ1v) is 6.93. The van der Waals surface area contributed by atoms with Crippen molar-refractivity contribution in [1.29, 1.82) is 0 Å². The standard InChI is InChI=1S/C13H20N2O3/c16-13(17)12-10-7-15(8-11(10)18-14-12)6-9-4-2-1-3-5-9/h9-11H,1-8H2,(H,16,17). The first-order chi connectivity index (χ1) is 8.74. The normalized spacial score (nSPS) is 33.0. The van der Waals surface area contributed by atoms with Crippen molar-refractivity contribution in [3.05, 3.63) is 0 Å². The number of carboxylic acid groups (broad SMARTS) is 1. The van der Waals surface area contributed by atoms with E-state index >= 15 is 0 Å². The molecule has 0 amide bonds. The fourth-order valence-electron chi connectivity index (χ4n) is 3.50. The van der Waals surface area contributed by atoms with Crippen molar-refractivity contribution >= 4 is 11.7 Å². The zero-order valence-corrected chi connectivity index (χ0v) is 10.5. The summed E-state index contributed by atoms with van der Waals surface area (Å²) in [6.45, 7) is 2.73. The van der Waals surface area contributed by atoms with Crippen molar-refractivity contribution in [3.8, 4) is 0 Å². The Morgan fingerprint density at radius 1 is 1.33 bits per heavy atom. The molecule has 0 aromatic rings. The Hall–Kier alpha value is -1.10. The van der Waals surface area contributed by atoms with Gasteiger partial charge >= 0.3 is 5.97 Å². The quantitative estimate of drug-likeness (QED) is 0.823. The van der Waals surface area contributed by atoms with Gasteiger partial charge in [0, 0.05) is 19.6 Å². The van der Waals surface area contributed by atoms with Gasteiger partial charge in [-0.05, 0) is 18.8 Å². The second-order valence-corrected chi connectivity index (χ2v) is 5.75. The van der Waals surface area contributed by atoms with Crippen LogP contribution >= 0.6 is 0 Å². The van der Waals surface area contributed by atoms with Crippen molar-refractivity contribution in [2.24, 2.45) is 17.0 Å². The van der Waals surface area contributed by atoms with Crippen LogP contribution in [0.2, 0.25) is 0 Å². The van der Waals surface area contributed by atoms with Crippen molar-refractivity contribution in [3.63, 3.8) is 0 Å². The minimum absolute atomic E-state index is 0.0221. The highest BCUT2D eigenvalue weighted by atomic mass is 16.6. The van der Waals surface area contributed by atoms with E-state index < -0.39 is 5.97 Å². The number of aliphatic carboxylic acids is 1. The lowest BCUT2D eigenvalue weighted by Crippen LogP contribution is -2.31. The molecule has 100 valence electrons. The lowest BCUT2D eigenvalue weighted by atomic mass is 9.89. The highest BCUT2D eigenvalue weighted by molar-refractivity contribution is 6.36. The summed E-state index contributed by atoms with van der Waals surface area (Å²) in [7, 11) is 0. The number of carboxylic acids is 1. The van der Waals surface area contributed by atoms with Gasteiger partial charge in [0.2, 0.25) is 0 Å². The third-order valence-corrected chi connectivity index (χ3v) is 4.44. The molecule has 1 saturated heterocycles. The van der Waals surface area contributed by atoms with E-state index in [1.165, 1.54) is 32.1 Å². The largest absolute Gasteiger partial charge is 0.477 e. The van der Waals surface area contributed by atoms with Crippen molar-refractivity contribution in [2.45, 2.75) is 38.2 Å². The number of fused-ring (bicyclic) bond motifs is 1. The summed E-state index contributed by atoms with van der Waals surface area (Å²) >= 11 is 0. The van der Waals surface area contributed by atoms with Crippen LogP contribution in [-0.4, -0.2) is 47.4 Å². The first-order valence-electron chi connectivity index (χ1n) is 6.93. The predicted molar refractivity (Wildman–Crippen MR) is 66.4 cm³/mol. The van der Waals surface area contributed by atoms with E-state index in [-0.39, 0.29) is 17.7 Å². The summed E-state index contributed by atoms with van der Waals surface area (Å²) in [6.07, 6.45) is 6.70. The van der Waals surface area contributed by atoms with E-state index in [1.54, 1.807) is 0 Å². The van der Waals surface area contributed by atoms with Gasteiger partial charge in [0.1, 0.15) is 6.10 Å². The molecule has 2 heterocycles. The van der Waals surface area contributed by atoms with Crippen LogP contribution in [0.5, 0.6) is 0 Å². The number of rotatable bonds is 3. The summed E-state index contributed by atoms with van der Waals surface area (Å²) in [5.41, 5.74) is 0.214. The van der Waals surface area contributed by atoms with Crippen LogP contribution in [0, 0.1) is 11.8 Å². The number of likely N-dealkylation sites (tertiary alicyclic amines) is 1. The topological polar surface area (TPSA) is 62.1 Å². The average Bonchev–Trinajstić information content (AvgIpc) is 2.89. The molecule has 5 heteroatoms. The predicted octanol–water partition coefficient (Wildman–Crippen LogP) is 1.34. The van der Waals surface area contributed by atoms with Gasteiger partial charge in [0.05, 0.1) is 5.92 Å². The third kappa shape index (κ3) is 2.23. The van der Waals surface area contributed by atoms with E-state index in [0.29, 0.717) is 0 Å². The molecule has 3 rings (SSSR count). The van der Waals surface area contributed by atoms with E-state index in [1.807, 2.05) is 0 Å². The maximum atomic E-state index is 11.0. The number of carbonyl (C=O) groups is 1. The van der Waals surface area contributed by atoms with Gasteiger partial charge < -0.3 is 9.94 Å². The molecule has 0 spiro atoms. The Kier molecular flexibility index (Phi) is 3.24. The lowest BCUT2D eigenvalue weighted by molar-refractivity contribution is -0.129. The highest BCUT2D eigenvalue weighted by Gasteiger charge is 2.45. The molecule has 2 fully saturated rings. The summed E-state index contributed by atoms with van der Waals surface area (Å²) < 4.78 is 0. The number of hydrogen-bond acceptors (Lipinski definition) is 4. The van der Waals surface area contributed by atoms with Gasteiger partial charge in [-0.2, -0.15) is 0 Å². The van der Waals surface area contributed by atoms with Crippen LogP contribution in [-0.2, 0) is 9.63 Å². The zero-order chi connectivity index (χ0) is 12.5. The molecular formula is C13H20N2O3. The second-order valence-electron chi connectivity index (χ2n) is 5.75. The van der Waals surface area contributed by atoms with Crippen LogP contribution in [0.1, 0.15) is 32.1 Å².